The van der Waals surface area contributed by atoms with Gasteiger partial charge in [-0.05, 0) is 25.9 Å². The minimum Gasteiger partial charge on any atom is -0.397 e. The summed E-state index contributed by atoms with van der Waals surface area (Å²) in [4.78, 5) is 23.6. The summed E-state index contributed by atoms with van der Waals surface area (Å²) >= 11 is 1.17. The smallest absolute Gasteiger partial charge is 0.263 e. The van der Waals surface area contributed by atoms with Gasteiger partial charge in [-0.1, -0.05) is 0 Å². The summed E-state index contributed by atoms with van der Waals surface area (Å²) in [5.74, 6) is -0.932. The van der Waals surface area contributed by atoms with Crippen molar-refractivity contribution < 1.29 is 9.59 Å². The quantitative estimate of drug-likeness (QED) is 0.533. The molecule has 7 N–H and O–H groups in total. The summed E-state index contributed by atoms with van der Waals surface area (Å²) in [6.45, 7) is 1.85. The Labute approximate surface area is 121 Å². The van der Waals surface area contributed by atoms with Crippen LogP contribution in [-0.2, 0) is 0 Å². The van der Waals surface area contributed by atoms with Gasteiger partial charge in [0.1, 0.15) is 9.88 Å². The van der Waals surface area contributed by atoms with E-state index in [0.717, 1.165) is 25.9 Å². The molecule has 0 radical (unpaired) electrons. The monoisotopic (exact) mass is 297 g/mol. The van der Waals surface area contributed by atoms with Crippen molar-refractivity contribution in [3.05, 3.63) is 10.4 Å². The Kier molecular flexibility index (Phi) is 4.46. The summed E-state index contributed by atoms with van der Waals surface area (Å²) in [5.41, 5.74) is 11.6. The molecule has 110 valence electrons. The number of nitrogens with two attached hydrogens (primary N) is 2. The van der Waals surface area contributed by atoms with Crippen molar-refractivity contribution in [2.24, 2.45) is 5.73 Å². The van der Waals surface area contributed by atoms with Crippen LogP contribution in [0.3, 0.4) is 0 Å². The number of hydrogen-bond acceptors (Lipinski definition) is 6. The number of anilines is 2. The van der Waals surface area contributed by atoms with Crippen LogP contribution in [-0.4, -0.2) is 38.0 Å². The molecule has 8 heteroatoms. The Morgan fingerprint density at radius 1 is 1.35 bits per heavy atom. The zero-order chi connectivity index (χ0) is 14.7. The van der Waals surface area contributed by atoms with Gasteiger partial charge < -0.3 is 27.4 Å². The van der Waals surface area contributed by atoms with Crippen molar-refractivity contribution >= 4 is 33.8 Å². The van der Waals surface area contributed by atoms with Crippen molar-refractivity contribution in [1.29, 1.82) is 0 Å². The van der Waals surface area contributed by atoms with Gasteiger partial charge in [0.2, 0.25) is 0 Å². The third kappa shape index (κ3) is 2.86. The topological polar surface area (TPSA) is 122 Å². The highest BCUT2D eigenvalue weighted by Crippen LogP contribution is 2.36. The molecule has 1 fully saturated rings. The number of hydrogen-bond donors (Lipinski definition) is 5. The predicted octanol–water partition coefficient (Wildman–Crippen LogP) is -0.0473. The lowest BCUT2D eigenvalue weighted by Crippen LogP contribution is -2.35. The maximum absolute atomic E-state index is 11.7. The maximum Gasteiger partial charge on any atom is 0.263 e. The first-order valence-corrected chi connectivity index (χ1v) is 7.27. The summed E-state index contributed by atoms with van der Waals surface area (Å²) in [7, 11) is 1.52. The molecular formula is C12H19N5O2S. The fraction of sp³-hybridized carbons (Fsp3) is 0.500. The van der Waals surface area contributed by atoms with Crippen LogP contribution in [0.1, 0.15) is 32.9 Å². The first-order chi connectivity index (χ1) is 9.54. The van der Waals surface area contributed by atoms with Gasteiger partial charge in [-0.2, -0.15) is 0 Å². The number of primary amides is 1. The van der Waals surface area contributed by atoms with Gasteiger partial charge >= 0.3 is 0 Å². The van der Waals surface area contributed by atoms with Crippen LogP contribution in [0.4, 0.5) is 10.7 Å². The number of nitrogens with one attached hydrogen (secondary N) is 3. The molecule has 0 saturated carbocycles. The van der Waals surface area contributed by atoms with E-state index in [4.69, 9.17) is 11.5 Å². The summed E-state index contributed by atoms with van der Waals surface area (Å²) in [5, 5.41) is 9.64. The highest BCUT2D eigenvalue weighted by atomic mass is 32.1. The molecule has 1 aliphatic heterocycles. The van der Waals surface area contributed by atoms with Gasteiger partial charge in [0.15, 0.2) is 0 Å². The van der Waals surface area contributed by atoms with Crippen molar-refractivity contribution in [2.75, 3.05) is 31.2 Å². The predicted molar refractivity (Wildman–Crippen MR) is 80.2 cm³/mol. The van der Waals surface area contributed by atoms with Crippen LogP contribution in [0.15, 0.2) is 0 Å². The van der Waals surface area contributed by atoms with E-state index >= 15 is 0 Å². The molecule has 7 nitrogen and oxygen atoms in total. The van der Waals surface area contributed by atoms with Crippen LogP contribution >= 0.6 is 11.3 Å². The lowest BCUT2D eigenvalue weighted by Gasteiger charge is -2.24. The van der Waals surface area contributed by atoms with Crippen molar-refractivity contribution in [1.82, 2.24) is 10.6 Å². The standard InChI is InChI=1S/C12H19N5O2S/c1-15-11(19)9-8(13)7(10(14)18)12(20-9)17-6-2-4-16-5-3-6/h6,16-17H,2-5,13H2,1H3,(H2,14,18)(H,15,19). The number of nitrogen functional groups attached to an aromatic ring is 1. The van der Waals surface area contributed by atoms with E-state index in [2.05, 4.69) is 16.0 Å². The zero-order valence-corrected chi connectivity index (χ0v) is 12.1. The molecule has 2 rings (SSSR count). The fourth-order valence-electron chi connectivity index (χ4n) is 2.22. The number of rotatable bonds is 4. The third-order valence-electron chi connectivity index (χ3n) is 3.30. The Bertz CT molecular complexity index is 522. The highest BCUT2D eigenvalue weighted by Gasteiger charge is 2.25. The molecule has 1 saturated heterocycles. The Hall–Kier alpha value is -1.80. The molecule has 0 unspecified atom stereocenters. The third-order valence-corrected chi connectivity index (χ3v) is 4.43. The maximum atomic E-state index is 11.7. The molecule has 2 amide bonds. The van der Waals surface area contributed by atoms with E-state index in [9.17, 15) is 9.59 Å². The zero-order valence-electron chi connectivity index (χ0n) is 11.3. The van der Waals surface area contributed by atoms with Gasteiger partial charge in [0.25, 0.3) is 11.8 Å². The number of carbonyl (C=O) groups excluding carboxylic acids is 2. The van der Waals surface area contributed by atoms with Crippen LogP contribution in [0.5, 0.6) is 0 Å². The molecule has 0 aliphatic carbocycles. The highest BCUT2D eigenvalue weighted by molar-refractivity contribution is 7.19. The van der Waals surface area contributed by atoms with Gasteiger partial charge in [-0.3, -0.25) is 9.59 Å². The normalized spacial score (nSPS) is 15.8. The minimum absolute atomic E-state index is 0.151. The molecular weight excluding hydrogens is 278 g/mol. The molecule has 1 aliphatic rings. The SMILES string of the molecule is CNC(=O)c1sc(NC2CCNCC2)c(C(N)=O)c1N. The second kappa shape index (κ2) is 6.10. The number of thiophene rings is 1. The molecule has 0 spiro atoms. The summed E-state index contributed by atoms with van der Waals surface area (Å²) in [6.07, 6.45) is 1.90. The van der Waals surface area contributed by atoms with Crippen molar-refractivity contribution in [3.63, 3.8) is 0 Å². The molecule has 1 aromatic heterocycles. The minimum atomic E-state index is -0.620. The number of amides is 2. The van der Waals surface area contributed by atoms with E-state index in [1.54, 1.807) is 0 Å². The molecule has 0 aromatic carbocycles. The first kappa shape index (κ1) is 14.6. The Morgan fingerprint density at radius 2 is 2.00 bits per heavy atom. The molecule has 0 bridgehead atoms. The van der Waals surface area contributed by atoms with Gasteiger partial charge in [0, 0.05) is 13.1 Å². The average molecular weight is 297 g/mol. The molecule has 20 heavy (non-hydrogen) atoms. The molecule has 2 heterocycles. The summed E-state index contributed by atoms with van der Waals surface area (Å²) in [6, 6.07) is 0.255. The van der Waals surface area contributed by atoms with Gasteiger partial charge in [-0.15, -0.1) is 11.3 Å². The van der Waals surface area contributed by atoms with E-state index in [-0.39, 0.29) is 23.2 Å². The van der Waals surface area contributed by atoms with Crippen LogP contribution < -0.4 is 27.4 Å². The van der Waals surface area contributed by atoms with E-state index in [0.29, 0.717) is 9.88 Å². The summed E-state index contributed by atoms with van der Waals surface area (Å²) < 4.78 is 0. The average Bonchev–Trinajstić information content (AvgIpc) is 2.76. The lowest BCUT2D eigenvalue weighted by molar-refractivity contribution is 0.0967. The number of piperidine rings is 1. The van der Waals surface area contributed by atoms with Crippen molar-refractivity contribution in [2.45, 2.75) is 18.9 Å². The van der Waals surface area contributed by atoms with Crippen LogP contribution in [0.2, 0.25) is 0 Å². The van der Waals surface area contributed by atoms with E-state index < -0.39 is 5.91 Å². The van der Waals surface area contributed by atoms with E-state index in [1.165, 1.54) is 18.4 Å². The Morgan fingerprint density at radius 3 is 2.55 bits per heavy atom. The lowest BCUT2D eigenvalue weighted by atomic mass is 10.1. The largest absolute Gasteiger partial charge is 0.397 e. The fourth-order valence-corrected chi connectivity index (χ4v) is 3.37. The number of carbonyl (C=O) groups is 2. The van der Waals surface area contributed by atoms with Gasteiger partial charge in [-0.25, -0.2) is 0 Å². The van der Waals surface area contributed by atoms with E-state index in [1.807, 2.05) is 0 Å². The van der Waals surface area contributed by atoms with Crippen LogP contribution in [0, 0.1) is 0 Å². The van der Waals surface area contributed by atoms with Gasteiger partial charge in [0.05, 0.1) is 11.3 Å². The second-order valence-corrected chi connectivity index (χ2v) is 5.68. The Balaban J connectivity index is 2.30. The van der Waals surface area contributed by atoms with Crippen LogP contribution in [0.25, 0.3) is 0 Å². The second-order valence-electron chi connectivity index (χ2n) is 4.66. The molecule has 1 aromatic rings. The first-order valence-electron chi connectivity index (χ1n) is 6.46. The van der Waals surface area contributed by atoms with Crippen molar-refractivity contribution in [3.8, 4) is 0 Å². The molecule has 0 atom stereocenters.